The number of urea groups is 1. The molecule has 0 saturated carbocycles. The summed E-state index contributed by atoms with van der Waals surface area (Å²) >= 11 is 0. The molecule has 1 heterocycles. The van der Waals surface area contributed by atoms with E-state index in [1.54, 1.807) is 4.90 Å². The number of carboxylic acids is 1. The number of ether oxygens (including phenoxy) is 1. The van der Waals surface area contributed by atoms with Crippen molar-refractivity contribution in [3.05, 3.63) is 0 Å². The van der Waals surface area contributed by atoms with E-state index in [0.29, 0.717) is 32.5 Å². The Morgan fingerprint density at radius 3 is 2.50 bits per heavy atom. The average Bonchev–Trinajstić information content (AvgIpc) is 2.42. The maximum atomic E-state index is 11.9. The van der Waals surface area contributed by atoms with Gasteiger partial charge in [-0.25, -0.2) is 4.79 Å². The lowest BCUT2D eigenvalue weighted by Gasteiger charge is -2.30. The molecule has 0 aliphatic carbocycles. The fraction of sp³-hybridized carbons (Fsp3) is 0.857. The Bertz CT molecular complexity index is 312. The van der Waals surface area contributed by atoms with Gasteiger partial charge in [0.25, 0.3) is 0 Å². The van der Waals surface area contributed by atoms with Crippen molar-refractivity contribution in [2.75, 3.05) is 26.2 Å². The minimum Gasteiger partial charge on any atom is -0.481 e. The highest BCUT2D eigenvalue weighted by atomic mass is 16.5. The van der Waals surface area contributed by atoms with Crippen molar-refractivity contribution >= 4 is 12.0 Å². The molecule has 0 bridgehead atoms. The van der Waals surface area contributed by atoms with Gasteiger partial charge in [0.2, 0.25) is 0 Å². The number of piperidine rings is 1. The highest BCUT2D eigenvalue weighted by molar-refractivity contribution is 5.75. The van der Waals surface area contributed by atoms with Gasteiger partial charge >= 0.3 is 12.0 Å². The molecule has 20 heavy (non-hydrogen) atoms. The Hall–Kier alpha value is -1.30. The SMILES string of the molecule is CC(C)OCCCCNC(=O)N1CCC(C(=O)O)CC1. The molecule has 2 N–H and O–H groups in total. The predicted molar refractivity (Wildman–Crippen MR) is 75.7 cm³/mol. The van der Waals surface area contributed by atoms with Crippen molar-refractivity contribution in [2.24, 2.45) is 5.92 Å². The van der Waals surface area contributed by atoms with E-state index in [1.807, 2.05) is 13.8 Å². The number of hydrogen-bond acceptors (Lipinski definition) is 3. The lowest BCUT2D eigenvalue weighted by atomic mass is 9.97. The zero-order valence-corrected chi connectivity index (χ0v) is 12.4. The summed E-state index contributed by atoms with van der Waals surface area (Å²) in [6.07, 6.45) is 3.17. The number of rotatable bonds is 7. The smallest absolute Gasteiger partial charge is 0.317 e. The molecule has 0 aromatic rings. The summed E-state index contributed by atoms with van der Waals surface area (Å²) in [5.74, 6) is -1.05. The van der Waals surface area contributed by atoms with Crippen LogP contribution in [0.5, 0.6) is 0 Å². The minimum absolute atomic E-state index is 0.0846. The monoisotopic (exact) mass is 286 g/mol. The maximum absolute atomic E-state index is 11.9. The molecule has 0 unspecified atom stereocenters. The van der Waals surface area contributed by atoms with Crippen LogP contribution in [0.25, 0.3) is 0 Å². The number of nitrogens with one attached hydrogen (secondary N) is 1. The third-order valence-electron chi connectivity index (χ3n) is 3.43. The second-order valence-electron chi connectivity index (χ2n) is 5.46. The molecule has 1 rings (SSSR count). The highest BCUT2D eigenvalue weighted by Crippen LogP contribution is 2.17. The quantitative estimate of drug-likeness (QED) is 0.698. The number of hydrogen-bond donors (Lipinski definition) is 2. The molecule has 1 saturated heterocycles. The minimum atomic E-state index is -0.754. The molecule has 0 aromatic carbocycles. The summed E-state index contributed by atoms with van der Waals surface area (Å²) in [5.41, 5.74) is 0. The molecule has 0 radical (unpaired) electrons. The van der Waals surface area contributed by atoms with Crippen molar-refractivity contribution in [1.82, 2.24) is 10.2 Å². The number of carbonyl (C=O) groups is 2. The first-order valence-corrected chi connectivity index (χ1v) is 7.38. The molecule has 1 aliphatic heterocycles. The van der Waals surface area contributed by atoms with E-state index < -0.39 is 5.97 Å². The topological polar surface area (TPSA) is 78.9 Å². The molecule has 6 nitrogen and oxygen atoms in total. The standard InChI is InChI=1S/C14H26N2O4/c1-11(2)20-10-4-3-7-15-14(19)16-8-5-12(6-9-16)13(17)18/h11-12H,3-10H2,1-2H3,(H,15,19)(H,17,18). The number of nitrogens with zero attached hydrogens (tertiary/aromatic N) is 1. The van der Waals surface area contributed by atoms with Gasteiger partial charge in [-0.05, 0) is 39.5 Å². The van der Waals surface area contributed by atoms with Crippen LogP contribution < -0.4 is 5.32 Å². The van der Waals surface area contributed by atoms with Gasteiger partial charge < -0.3 is 20.1 Å². The summed E-state index contributed by atoms with van der Waals surface area (Å²) in [6, 6.07) is -0.0846. The summed E-state index contributed by atoms with van der Waals surface area (Å²) in [4.78, 5) is 24.4. The normalized spacial score (nSPS) is 16.4. The Morgan fingerprint density at radius 1 is 1.30 bits per heavy atom. The Morgan fingerprint density at radius 2 is 1.95 bits per heavy atom. The molecule has 0 spiro atoms. The number of carbonyl (C=O) groups excluding carboxylic acids is 1. The van der Waals surface area contributed by atoms with Gasteiger partial charge in [0.05, 0.1) is 12.0 Å². The zero-order valence-electron chi connectivity index (χ0n) is 12.4. The summed E-state index contributed by atoms with van der Waals surface area (Å²) in [6.45, 7) is 6.42. The number of aliphatic carboxylic acids is 1. The van der Waals surface area contributed by atoms with Crippen LogP contribution in [-0.2, 0) is 9.53 Å². The molecule has 2 amide bonds. The van der Waals surface area contributed by atoms with Gasteiger partial charge in [0.1, 0.15) is 0 Å². The van der Waals surface area contributed by atoms with Crippen LogP contribution in [0.4, 0.5) is 4.79 Å². The van der Waals surface area contributed by atoms with Gasteiger partial charge in [-0.2, -0.15) is 0 Å². The second kappa shape index (κ2) is 8.79. The van der Waals surface area contributed by atoms with E-state index in [1.165, 1.54) is 0 Å². The largest absolute Gasteiger partial charge is 0.481 e. The summed E-state index contributed by atoms with van der Waals surface area (Å²) in [5, 5.41) is 11.8. The first kappa shape index (κ1) is 16.8. The van der Waals surface area contributed by atoms with Gasteiger partial charge in [-0.3, -0.25) is 4.79 Å². The number of likely N-dealkylation sites (tertiary alicyclic amines) is 1. The maximum Gasteiger partial charge on any atom is 0.317 e. The Kier molecular flexibility index (Phi) is 7.36. The van der Waals surface area contributed by atoms with Gasteiger partial charge in [-0.1, -0.05) is 0 Å². The van der Waals surface area contributed by atoms with Crippen molar-refractivity contribution < 1.29 is 19.4 Å². The molecule has 0 atom stereocenters. The molecule has 1 fully saturated rings. The third kappa shape index (κ3) is 6.23. The molecule has 0 aromatic heterocycles. The third-order valence-corrected chi connectivity index (χ3v) is 3.43. The van der Waals surface area contributed by atoms with Crippen molar-refractivity contribution in [2.45, 2.75) is 45.6 Å². The van der Waals surface area contributed by atoms with Crippen LogP contribution in [0, 0.1) is 5.92 Å². The number of unbranched alkanes of at least 4 members (excludes halogenated alkanes) is 1. The van der Waals surface area contributed by atoms with E-state index in [0.717, 1.165) is 19.4 Å². The van der Waals surface area contributed by atoms with Crippen LogP contribution >= 0.6 is 0 Å². The van der Waals surface area contributed by atoms with Crippen molar-refractivity contribution in [3.8, 4) is 0 Å². The van der Waals surface area contributed by atoms with Crippen LogP contribution in [0.2, 0.25) is 0 Å². The van der Waals surface area contributed by atoms with E-state index in [-0.39, 0.29) is 18.1 Å². The van der Waals surface area contributed by atoms with Crippen LogP contribution in [-0.4, -0.2) is 54.4 Å². The number of amides is 2. The molecule has 6 heteroatoms. The first-order chi connectivity index (χ1) is 9.50. The predicted octanol–water partition coefficient (Wildman–Crippen LogP) is 1.70. The van der Waals surface area contributed by atoms with E-state index in [9.17, 15) is 9.59 Å². The first-order valence-electron chi connectivity index (χ1n) is 7.38. The zero-order chi connectivity index (χ0) is 15.0. The van der Waals surface area contributed by atoms with E-state index in [4.69, 9.17) is 9.84 Å². The second-order valence-corrected chi connectivity index (χ2v) is 5.46. The van der Waals surface area contributed by atoms with Crippen LogP contribution in [0.3, 0.4) is 0 Å². The molecular weight excluding hydrogens is 260 g/mol. The fourth-order valence-corrected chi connectivity index (χ4v) is 2.18. The van der Waals surface area contributed by atoms with Crippen LogP contribution in [0.15, 0.2) is 0 Å². The molecular formula is C14H26N2O4. The van der Waals surface area contributed by atoms with E-state index >= 15 is 0 Å². The Labute approximate surface area is 120 Å². The van der Waals surface area contributed by atoms with Gasteiger partial charge in [-0.15, -0.1) is 0 Å². The highest BCUT2D eigenvalue weighted by Gasteiger charge is 2.26. The lowest BCUT2D eigenvalue weighted by Crippen LogP contribution is -2.45. The number of carboxylic acid groups (broad SMARTS) is 1. The van der Waals surface area contributed by atoms with Gasteiger partial charge in [0.15, 0.2) is 0 Å². The average molecular weight is 286 g/mol. The van der Waals surface area contributed by atoms with Crippen molar-refractivity contribution in [1.29, 1.82) is 0 Å². The molecule has 1 aliphatic rings. The fourth-order valence-electron chi connectivity index (χ4n) is 2.18. The Balaban J connectivity index is 2.07. The summed E-state index contributed by atoms with van der Waals surface area (Å²) < 4.78 is 5.42. The van der Waals surface area contributed by atoms with E-state index in [2.05, 4.69) is 5.32 Å². The summed E-state index contributed by atoms with van der Waals surface area (Å²) in [7, 11) is 0. The van der Waals surface area contributed by atoms with Gasteiger partial charge in [0, 0.05) is 26.2 Å². The molecule has 116 valence electrons. The lowest BCUT2D eigenvalue weighted by molar-refractivity contribution is -0.143. The van der Waals surface area contributed by atoms with Crippen molar-refractivity contribution in [3.63, 3.8) is 0 Å². The van der Waals surface area contributed by atoms with Crippen LogP contribution in [0.1, 0.15) is 39.5 Å².